The minimum atomic E-state index is 0.666. The second kappa shape index (κ2) is 4.49. The first-order valence-corrected chi connectivity index (χ1v) is 5.12. The van der Waals surface area contributed by atoms with E-state index in [-0.39, 0.29) is 0 Å². The van der Waals surface area contributed by atoms with Crippen molar-refractivity contribution in [1.82, 2.24) is 9.97 Å². The molecule has 0 aliphatic carbocycles. The summed E-state index contributed by atoms with van der Waals surface area (Å²) in [6.07, 6.45) is 3.52. The Labute approximate surface area is 94.2 Å². The van der Waals surface area contributed by atoms with Crippen LogP contribution in [0.5, 0.6) is 0 Å². The van der Waals surface area contributed by atoms with Crippen LogP contribution in [-0.2, 0) is 0 Å². The van der Waals surface area contributed by atoms with Crippen LogP contribution in [0.15, 0.2) is 36.7 Å². The van der Waals surface area contributed by atoms with E-state index in [4.69, 9.17) is 5.26 Å². The first-order valence-electron chi connectivity index (χ1n) is 5.12. The number of nitrogens with zero attached hydrogens (tertiary/aromatic N) is 3. The lowest BCUT2D eigenvalue weighted by Gasteiger charge is -2.19. The summed E-state index contributed by atoms with van der Waals surface area (Å²) in [6.45, 7) is 2.88. The molecule has 16 heavy (non-hydrogen) atoms. The Morgan fingerprint density at radius 1 is 1.38 bits per heavy atom. The molecule has 0 fully saturated rings. The third-order valence-electron chi connectivity index (χ3n) is 2.36. The van der Waals surface area contributed by atoms with Crippen LogP contribution in [-0.4, -0.2) is 16.5 Å². The van der Waals surface area contributed by atoms with Crippen molar-refractivity contribution in [2.24, 2.45) is 0 Å². The lowest BCUT2D eigenvalue weighted by molar-refractivity contribution is 0.970. The number of hydrogen-bond acceptors (Lipinski definition) is 3. The minimum Gasteiger partial charge on any atom is -0.331 e. The van der Waals surface area contributed by atoms with Crippen LogP contribution in [0.4, 0.5) is 11.6 Å². The second-order valence-electron chi connectivity index (χ2n) is 3.32. The molecular formula is C12H12N4. The number of benzene rings is 1. The van der Waals surface area contributed by atoms with Crippen molar-refractivity contribution in [3.05, 3.63) is 42.2 Å². The standard InChI is InChI=1S/C12H12N4/c1-2-16(12-14-7-8-15-12)11-5-3-10(9-13)4-6-11/h3-8H,2H2,1H3,(H,14,15). The highest BCUT2D eigenvalue weighted by atomic mass is 15.3. The summed E-state index contributed by atoms with van der Waals surface area (Å²) in [6, 6.07) is 9.56. The van der Waals surface area contributed by atoms with Gasteiger partial charge < -0.3 is 9.88 Å². The van der Waals surface area contributed by atoms with Crippen LogP contribution < -0.4 is 4.90 Å². The van der Waals surface area contributed by atoms with E-state index < -0.39 is 0 Å². The summed E-state index contributed by atoms with van der Waals surface area (Å²) >= 11 is 0. The molecule has 0 radical (unpaired) electrons. The highest BCUT2D eigenvalue weighted by Crippen LogP contribution is 2.21. The lowest BCUT2D eigenvalue weighted by Crippen LogP contribution is -2.17. The van der Waals surface area contributed by atoms with Gasteiger partial charge in [0, 0.05) is 24.6 Å². The van der Waals surface area contributed by atoms with E-state index in [1.807, 2.05) is 17.0 Å². The smallest absolute Gasteiger partial charge is 0.207 e. The van der Waals surface area contributed by atoms with Crippen molar-refractivity contribution >= 4 is 11.6 Å². The number of aromatic amines is 1. The van der Waals surface area contributed by atoms with Gasteiger partial charge in [0.05, 0.1) is 11.6 Å². The van der Waals surface area contributed by atoms with E-state index in [0.717, 1.165) is 18.2 Å². The lowest BCUT2D eigenvalue weighted by atomic mass is 10.2. The Balaban J connectivity index is 2.31. The van der Waals surface area contributed by atoms with Gasteiger partial charge in [0.15, 0.2) is 0 Å². The molecule has 0 bridgehead atoms. The number of aromatic nitrogens is 2. The van der Waals surface area contributed by atoms with Crippen molar-refractivity contribution in [2.75, 3.05) is 11.4 Å². The maximum Gasteiger partial charge on any atom is 0.207 e. The van der Waals surface area contributed by atoms with E-state index in [9.17, 15) is 0 Å². The monoisotopic (exact) mass is 212 g/mol. The van der Waals surface area contributed by atoms with Crippen molar-refractivity contribution in [3.8, 4) is 6.07 Å². The normalized spacial score (nSPS) is 9.75. The van der Waals surface area contributed by atoms with Crippen LogP contribution in [0.25, 0.3) is 0 Å². The Hall–Kier alpha value is -2.28. The highest BCUT2D eigenvalue weighted by molar-refractivity contribution is 5.58. The second-order valence-corrected chi connectivity index (χ2v) is 3.32. The van der Waals surface area contributed by atoms with Gasteiger partial charge in [-0.1, -0.05) is 0 Å². The number of hydrogen-bond donors (Lipinski definition) is 1. The molecule has 0 spiro atoms. The molecule has 0 unspecified atom stereocenters. The average Bonchev–Trinajstić information content (AvgIpc) is 2.85. The van der Waals surface area contributed by atoms with Crippen molar-refractivity contribution in [2.45, 2.75) is 6.92 Å². The van der Waals surface area contributed by atoms with Crippen LogP contribution >= 0.6 is 0 Å². The Bertz CT molecular complexity index is 479. The number of imidazole rings is 1. The van der Waals surface area contributed by atoms with Crippen LogP contribution in [0.3, 0.4) is 0 Å². The van der Waals surface area contributed by atoms with Gasteiger partial charge in [-0.05, 0) is 31.2 Å². The highest BCUT2D eigenvalue weighted by Gasteiger charge is 2.08. The third-order valence-corrected chi connectivity index (χ3v) is 2.36. The average molecular weight is 212 g/mol. The molecule has 0 atom stereocenters. The fourth-order valence-electron chi connectivity index (χ4n) is 1.58. The summed E-state index contributed by atoms with van der Waals surface area (Å²) in [4.78, 5) is 9.32. The summed E-state index contributed by atoms with van der Waals surface area (Å²) < 4.78 is 0. The molecule has 0 aliphatic heterocycles. The quantitative estimate of drug-likeness (QED) is 0.850. The molecular weight excluding hydrogens is 200 g/mol. The molecule has 0 saturated carbocycles. The summed E-state index contributed by atoms with van der Waals surface area (Å²) in [5.74, 6) is 0.812. The zero-order chi connectivity index (χ0) is 11.4. The van der Waals surface area contributed by atoms with Crippen LogP contribution in [0.2, 0.25) is 0 Å². The zero-order valence-electron chi connectivity index (χ0n) is 9.01. The molecule has 1 N–H and O–H groups in total. The van der Waals surface area contributed by atoms with E-state index in [1.165, 1.54) is 0 Å². The number of rotatable bonds is 3. The van der Waals surface area contributed by atoms with Gasteiger partial charge in [0.25, 0.3) is 0 Å². The van der Waals surface area contributed by atoms with E-state index in [0.29, 0.717) is 5.56 Å². The molecule has 1 aromatic carbocycles. The Morgan fingerprint density at radius 2 is 2.12 bits per heavy atom. The van der Waals surface area contributed by atoms with Gasteiger partial charge >= 0.3 is 0 Å². The van der Waals surface area contributed by atoms with E-state index in [2.05, 4.69) is 23.0 Å². The molecule has 4 nitrogen and oxygen atoms in total. The minimum absolute atomic E-state index is 0.666. The Kier molecular flexibility index (Phi) is 2.88. The molecule has 0 saturated heterocycles. The van der Waals surface area contributed by atoms with Gasteiger partial charge in [-0.15, -0.1) is 0 Å². The predicted octanol–water partition coefficient (Wildman–Crippen LogP) is 2.44. The topological polar surface area (TPSA) is 55.7 Å². The van der Waals surface area contributed by atoms with Gasteiger partial charge in [0.2, 0.25) is 5.95 Å². The van der Waals surface area contributed by atoms with Crippen molar-refractivity contribution in [3.63, 3.8) is 0 Å². The van der Waals surface area contributed by atoms with E-state index >= 15 is 0 Å². The molecule has 0 aliphatic rings. The molecule has 1 heterocycles. The summed E-state index contributed by atoms with van der Waals surface area (Å²) in [7, 11) is 0. The molecule has 0 amide bonds. The van der Waals surface area contributed by atoms with Crippen molar-refractivity contribution in [1.29, 1.82) is 5.26 Å². The van der Waals surface area contributed by atoms with E-state index in [1.54, 1.807) is 24.5 Å². The largest absolute Gasteiger partial charge is 0.331 e. The molecule has 4 heteroatoms. The number of nitrogens with one attached hydrogen (secondary N) is 1. The third kappa shape index (κ3) is 1.89. The van der Waals surface area contributed by atoms with Gasteiger partial charge in [-0.2, -0.15) is 5.26 Å². The Morgan fingerprint density at radius 3 is 2.62 bits per heavy atom. The summed E-state index contributed by atoms with van der Waals surface area (Å²) in [5, 5.41) is 8.73. The van der Waals surface area contributed by atoms with Gasteiger partial charge in [-0.25, -0.2) is 4.98 Å². The molecule has 2 aromatic rings. The fraction of sp³-hybridized carbons (Fsp3) is 0.167. The molecule has 80 valence electrons. The van der Waals surface area contributed by atoms with Crippen molar-refractivity contribution < 1.29 is 0 Å². The fourth-order valence-corrected chi connectivity index (χ4v) is 1.58. The van der Waals surface area contributed by atoms with Gasteiger partial charge in [-0.3, -0.25) is 0 Å². The number of anilines is 2. The molecule has 1 aromatic heterocycles. The zero-order valence-corrected chi connectivity index (χ0v) is 9.01. The number of H-pyrrole nitrogens is 1. The van der Waals surface area contributed by atoms with Crippen LogP contribution in [0.1, 0.15) is 12.5 Å². The molecule has 2 rings (SSSR count). The van der Waals surface area contributed by atoms with Gasteiger partial charge in [0.1, 0.15) is 0 Å². The van der Waals surface area contributed by atoms with Crippen LogP contribution in [0, 0.1) is 11.3 Å². The summed E-state index contributed by atoms with van der Waals surface area (Å²) in [5.41, 5.74) is 1.69. The SMILES string of the molecule is CCN(c1ccc(C#N)cc1)c1ncc[nH]1. The predicted molar refractivity (Wildman–Crippen MR) is 62.4 cm³/mol. The maximum atomic E-state index is 8.73. The first-order chi connectivity index (χ1) is 7.85. The maximum absolute atomic E-state index is 8.73. The number of nitriles is 1. The first kappa shape index (κ1) is 10.2.